The molecule has 3 atom stereocenters. The molecule has 3 N–H and O–H groups in total. The Morgan fingerprint density at radius 3 is 1.24 bits per heavy atom. The number of allylic oxidation sites excluding steroid dienone is 24. The Morgan fingerprint density at radius 2 is 0.855 bits per heavy atom. The van der Waals surface area contributed by atoms with Gasteiger partial charge in [0.15, 0.2) is 0 Å². The molecule has 10 heteroatoms. The molecule has 0 fully saturated rings. The van der Waals surface area contributed by atoms with Crippen LogP contribution in [0.4, 0.5) is 0 Å². The number of phosphoric acid groups is 1. The lowest BCUT2D eigenvalue weighted by Gasteiger charge is -2.20. The van der Waals surface area contributed by atoms with Gasteiger partial charge in [0.1, 0.15) is 12.2 Å². The molecule has 0 heterocycles. The zero-order chi connectivity index (χ0) is 45.3. The molecule has 0 aliphatic rings. The number of aliphatic hydroxyl groups excluding tert-OH is 2. The third-order valence-corrected chi connectivity index (χ3v) is 9.47. The first kappa shape index (κ1) is 58.3. The molecule has 0 aromatic carbocycles. The maximum Gasteiger partial charge on any atom is 0.472 e. The molecule has 0 amide bonds. The highest BCUT2D eigenvalue weighted by molar-refractivity contribution is 7.47. The van der Waals surface area contributed by atoms with Crippen LogP contribution in [0, 0.1) is 0 Å². The van der Waals surface area contributed by atoms with E-state index < -0.39 is 45.8 Å². The maximum absolute atomic E-state index is 12.6. The topological polar surface area (TPSA) is 132 Å². The minimum absolute atomic E-state index is 0.0156. The Balaban J connectivity index is 4.37. The van der Waals surface area contributed by atoms with Crippen molar-refractivity contribution < 1.29 is 43.0 Å². The van der Waals surface area contributed by atoms with Gasteiger partial charge in [0.05, 0.1) is 26.4 Å². The highest BCUT2D eigenvalue weighted by Gasteiger charge is 2.26. The van der Waals surface area contributed by atoms with Crippen molar-refractivity contribution in [2.75, 3.05) is 33.0 Å². The van der Waals surface area contributed by atoms with Gasteiger partial charge >= 0.3 is 13.8 Å². The summed E-state index contributed by atoms with van der Waals surface area (Å²) in [6.07, 6.45) is 65.4. The number of rotatable bonds is 41. The fourth-order valence-corrected chi connectivity index (χ4v) is 5.92. The van der Waals surface area contributed by atoms with Gasteiger partial charge in [-0.1, -0.05) is 160 Å². The molecular weight excluding hydrogens is 800 g/mol. The summed E-state index contributed by atoms with van der Waals surface area (Å²) in [5.41, 5.74) is 0. The number of carbonyl (C=O) groups is 1. The van der Waals surface area contributed by atoms with Gasteiger partial charge in [-0.05, 0) is 109 Å². The van der Waals surface area contributed by atoms with Crippen LogP contribution in [-0.2, 0) is 27.9 Å². The van der Waals surface area contributed by atoms with Gasteiger partial charge < -0.3 is 24.6 Å². The second-order valence-electron chi connectivity index (χ2n) is 14.3. The van der Waals surface area contributed by atoms with Gasteiger partial charge in [0.2, 0.25) is 0 Å². The maximum atomic E-state index is 12.6. The van der Waals surface area contributed by atoms with E-state index in [-0.39, 0.29) is 13.0 Å². The average molecular weight is 881 g/mol. The molecule has 3 unspecified atom stereocenters. The molecule has 0 aromatic heterocycles. The summed E-state index contributed by atoms with van der Waals surface area (Å²) < 4.78 is 33.3. The van der Waals surface area contributed by atoms with Crippen LogP contribution >= 0.6 is 7.82 Å². The van der Waals surface area contributed by atoms with Gasteiger partial charge in [-0.2, -0.15) is 0 Å². The summed E-state index contributed by atoms with van der Waals surface area (Å²) in [4.78, 5) is 22.6. The fourth-order valence-electron chi connectivity index (χ4n) is 5.13. The van der Waals surface area contributed by atoms with Crippen molar-refractivity contribution in [3.05, 3.63) is 146 Å². The number of aliphatic hydroxyl groups is 2. The van der Waals surface area contributed by atoms with E-state index in [2.05, 4.69) is 154 Å². The first-order valence-corrected chi connectivity index (χ1v) is 24.3. The number of unbranched alkanes of at least 4 members (excludes halogenated alkanes) is 3. The van der Waals surface area contributed by atoms with Crippen LogP contribution < -0.4 is 0 Å². The highest BCUT2D eigenvalue weighted by Crippen LogP contribution is 2.43. The monoisotopic (exact) mass is 881 g/mol. The molecule has 0 aliphatic carbocycles. The lowest BCUT2D eigenvalue weighted by molar-refractivity contribution is -0.154. The number of esters is 1. The summed E-state index contributed by atoms with van der Waals surface area (Å²) in [5, 5.41) is 18.4. The smallest absolute Gasteiger partial charge is 0.457 e. The standard InChI is InChI=1S/C52H81O9P/c1-3-5-7-9-11-13-15-17-19-21-22-23-24-25-26-27-29-31-33-35-37-39-41-43-45-58-48-51(49-60-62(56,57)59-47-50(54)46-53)61-52(55)44-42-40-38-36-34-32-30-28-20-18-16-14-12-10-8-6-4-2/h5-8,11-14,17-20,22-23,25-26,29-32,35-38,50-51,53-54H,3-4,9-10,15-16,21,24,27-28,33-34,39-49H2,1-2H3,(H,56,57)/b7-5-,8-6-,13-11-,14-12-,19-17-,20-18-,23-22-,26-25-,31-29-,32-30-,37-35-,38-36-. The second kappa shape index (κ2) is 46.8. The minimum atomic E-state index is -4.56. The van der Waals surface area contributed by atoms with Gasteiger partial charge in [-0.25, -0.2) is 4.57 Å². The van der Waals surface area contributed by atoms with E-state index in [1.165, 1.54) is 0 Å². The van der Waals surface area contributed by atoms with Crippen molar-refractivity contribution in [2.45, 2.75) is 142 Å². The zero-order valence-corrected chi connectivity index (χ0v) is 38.9. The van der Waals surface area contributed by atoms with Crippen LogP contribution in [-0.4, -0.2) is 66.3 Å². The molecule has 348 valence electrons. The Kier molecular flexibility index (Phi) is 44.1. The lowest BCUT2D eigenvalue weighted by atomic mass is 10.2. The lowest BCUT2D eigenvalue weighted by Crippen LogP contribution is -2.29. The Bertz CT molecular complexity index is 1460. The van der Waals surface area contributed by atoms with E-state index in [1.807, 2.05) is 6.08 Å². The Morgan fingerprint density at radius 1 is 0.500 bits per heavy atom. The number of hydrogen-bond acceptors (Lipinski definition) is 8. The van der Waals surface area contributed by atoms with E-state index in [0.29, 0.717) is 19.4 Å². The van der Waals surface area contributed by atoms with Crippen molar-refractivity contribution in [1.82, 2.24) is 0 Å². The molecular formula is C52H81O9P. The third-order valence-electron chi connectivity index (χ3n) is 8.52. The predicted octanol–water partition coefficient (Wildman–Crippen LogP) is 13.1. The third kappa shape index (κ3) is 45.9. The molecule has 62 heavy (non-hydrogen) atoms. The van der Waals surface area contributed by atoms with Crippen LogP contribution in [0.15, 0.2) is 146 Å². The predicted molar refractivity (Wildman–Crippen MR) is 260 cm³/mol. The van der Waals surface area contributed by atoms with Crippen LogP contribution in [0.3, 0.4) is 0 Å². The number of ether oxygens (including phenoxy) is 2. The van der Waals surface area contributed by atoms with Crippen LogP contribution in [0.2, 0.25) is 0 Å². The normalized spacial score (nSPS) is 15.2. The SMILES string of the molecule is CC/C=C\C/C=C\C/C=C\C/C=C\C/C=C\C/C=C\C/C=C\CCCCOCC(COP(=O)(O)OCC(O)CO)OC(=O)CCC/C=C\C/C=C\C/C=C\C/C=C\C/C=C\CC. The first-order chi connectivity index (χ1) is 30.3. The first-order valence-electron chi connectivity index (χ1n) is 22.8. The number of phosphoric ester groups is 1. The van der Waals surface area contributed by atoms with Gasteiger partial charge in [-0.3, -0.25) is 13.8 Å². The van der Waals surface area contributed by atoms with E-state index in [4.69, 9.17) is 23.6 Å². The van der Waals surface area contributed by atoms with Gasteiger partial charge in [0, 0.05) is 13.0 Å². The van der Waals surface area contributed by atoms with E-state index >= 15 is 0 Å². The summed E-state index contributed by atoms with van der Waals surface area (Å²) >= 11 is 0. The van der Waals surface area contributed by atoms with E-state index in [1.54, 1.807) is 0 Å². The number of hydrogen-bond donors (Lipinski definition) is 3. The van der Waals surface area contributed by atoms with Gasteiger partial charge in [-0.15, -0.1) is 0 Å². The summed E-state index contributed by atoms with van der Waals surface area (Å²) in [5.74, 6) is -0.462. The molecule has 0 saturated heterocycles. The molecule has 0 bridgehead atoms. The molecule has 0 saturated carbocycles. The molecule has 0 spiro atoms. The Labute approximate surface area is 376 Å². The Hall–Kier alpha value is -3.66. The van der Waals surface area contributed by atoms with Crippen LogP contribution in [0.5, 0.6) is 0 Å². The van der Waals surface area contributed by atoms with Crippen molar-refractivity contribution in [3.8, 4) is 0 Å². The molecule has 9 nitrogen and oxygen atoms in total. The van der Waals surface area contributed by atoms with Crippen LogP contribution in [0.1, 0.15) is 129 Å². The minimum Gasteiger partial charge on any atom is -0.457 e. The summed E-state index contributed by atoms with van der Waals surface area (Å²) in [6.45, 7) is 3.04. The van der Waals surface area contributed by atoms with Gasteiger partial charge in [0.25, 0.3) is 0 Å². The van der Waals surface area contributed by atoms with Crippen molar-refractivity contribution in [3.63, 3.8) is 0 Å². The highest BCUT2D eigenvalue weighted by atomic mass is 31.2. The quantitative estimate of drug-likeness (QED) is 0.0238. The van der Waals surface area contributed by atoms with Crippen molar-refractivity contribution in [1.29, 1.82) is 0 Å². The van der Waals surface area contributed by atoms with E-state index in [9.17, 15) is 19.4 Å². The molecule has 0 rings (SSSR count). The van der Waals surface area contributed by atoms with E-state index in [0.717, 1.165) is 96.3 Å². The summed E-state index contributed by atoms with van der Waals surface area (Å²) in [6, 6.07) is 0. The molecule has 0 radical (unpaired) electrons. The molecule has 0 aliphatic heterocycles. The number of carbonyl (C=O) groups excluding carboxylic acids is 1. The average Bonchev–Trinajstić information content (AvgIpc) is 3.26. The molecule has 0 aromatic rings. The second-order valence-corrected chi connectivity index (χ2v) is 15.8. The van der Waals surface area contributed by atoms with Crippen molar-refractivity contribution in [2.24, 2.45) is 0 Å². The largest absolute Gasteiger partial charge is 0.472 e. The fraction of sp³-hybridized carbons (Fsp3) is 0.519. The van der Waals surface area contributed by atoms with Crippen molar-refractivity contribution >= 4 is 13.8 Å². The zero-order valence-electron chi connectivity index (χ0n) is 38.0. The van der Waals surface area contributed by atoms with Crippen LogP contribution in [0.25, 0.3) is 0 Å². The summed E-state index contributed by atoms with van der Waals surface area (Å²) in [7, 11) is -4.56.